The molecule has 0 bridgehead atoms. The van der Waals surface area contributed by atoms with E-state index < -0.39 is 12.0 Å². The topological polar surface area (TPSA) is 75.7 Å². The number of hydrogen-bond acceptors (Lipinski definition) is 5. The molecule has 1 aliphatic rings. The van der Waals surface area contributed by atoms with Crippen molar-refractivity contribution in [3.63, 3.8) is 0 Å². The van der Waals surface area contributed by atoms with Gasteiger partial charge >= 0.3 is 5.97 Å². The summed E-state index contributed by atoms with van der Waals surface area (Å²) in [5, 5.41) is 4.57. The first kappa shape index (κ1) is 22.0. The number of rotatable bonds is 7. The molecule has 2 amide bonds. The first-order valence-electron chi connectivity index (χ1n) is 10.3. The lowest BCUT2D eigenvalue weighted by Crippen LogP contribution is -2.50. The van der Waals surface area contributed by atoms with Gasteiger partial charge in [-0.15, -0.1) is 11.3 Å². The van der Waals surface area contributed by atoms with Gasteiger partial charge in [0.15, 0.2) is 6.61 Å². The lowest BCUT2D eigenvalue weighted by Gasteiger charge is -2.38. The summed E-state index contributed by atoms with van der Waals surface area (Å²) in [4.78, 5) is 40.3. The van der Waals surface area contributed by atoms with E-state index in [0.29, 0.717) is 11.3 Å². The van der Waals surface area contributed by atoms with Crippen LogP contribution in [0.4, 0.5) is 0 Å². The number of benzene rings is 1. The highest BCUT2D eigenvalue weighted by Gasteiger charge is 2.30. The molecule has 0 unspecified atom stereocenters. The molecule has 1 N–H and O–H groups in total. The molecule has 7 heteroatoms. The fraction of sp³-hybridized carbons (Fsp3) is 0.435. The first-order chi connectivity index (χ1) is 14.5. The summed E-state index contributed by atoms with van der Waals surface area (Å²) in [5.74, 6) is -1.12. The first-order valence-corrected chi connectivity index (χ1v) is 11.2. The predicted octanol–water partition coefficient (Wildman–Crippen LogP) is 3.42. The lowest BCUT2D eigenvalue weighted by molar-refractivity contribution is -0.156. The van der Waals surface area contributed by atoms with Gasteiger partial charge in [0.05, 0.1) is 4.88 Å². The minimum atomic E-state index is -0.869. The number of amides is 2. The van der Waals surface area contributed by atoms with Crippen molar-refractivity contribution in [1.82, 2.24) is 10.2 Å². The summed E-state index contributed by atoms with van der Waals surface area (Å²) in [7, 11) is 0. The maximum atomic E-state index is 12.8. The Bertz CT molecular complexity index is 843. The maximum absolute atomic E-state index is 12.8. The van der Waals surface area contributed by atoms with E-state index in [2.05, 4.69) is 5.32 Å². The van der Waals surface area contributed by atoms with Crippen molar-refractivity contribution in [2.75, 3.05) is 6.61 Å². The number of nitrogens with one attached hydrogen (secondary N) is 1. The molecule has 160 valence electrons. The molecule has 1 aromatic heterocycles. The summed E-state index contributed by atoms with van der Waals surface area (Å²) >= 11 is 1.30. The number of carbonyl (C=O) groups excluding carboxylic acids is 3. The Kier molecular flexibility index (Phi) is 7.63. The van der Waals surface area contributed by atoms with Crippen molar-refractivity contribution in [2.24, 2.45) is 0 Å². The van der Waals surface area contributed by atoms with Crippen LogP contribution >= 0.6 is 11.3 Å². The third-order valence-electron chi connectivity index (χ3n) is 5.44. The van der Waals surface area contributed by atoms with E-state index in [-0.39, 0.29) is 30.5 Å². The van der Waals surface area contributed by atoms with E-state index in [1.54, 1.807) is 17.5 Å². The number of carbonyl (C=O) groups is 3. The van der Waals surface area contributed by atoms with Gasteiger partial charge in [0, 0.05) is 18.5 Å². The molecule has 30 heavy (non-hydrogen) atoms. The van der Waals surface area contributed by atoms with Crippen LogP contribution in [0, 0.1) is 0 Å². The molecule has 1 fully saturated rings. The number of hydrogen-bond donors (Lipinski definition) is 1. The molecule has 0 aliphatic carbocycles. The second-order valence-electron chi connectivity index (χ2n) is 7.73. The van der Waals surface area contributed by atoms with Crippen LogP contribution in [-0.2, 0) is 20.7 Å². The third-order valence-corrected chi connectivity index (χ3v) is 6.31. The molecule has 3 atom stereocenters. The molecule has 3 rings (SSSR count). The Morgan fingerprint density at radius 3 is 2.43 bits per heavy atom. The zero-order valence-corrected chi connectivity index (χ0v) is 18.2. The Morgan fingerprint density at radius 2 is 1.80 bits per heavy atom. The minimum absolute atomic E-state index is 0.138. The van der Waals surface area contributed by atoms with Gasteiger partial charge in [-0.05, 0) is 50.1 Å². The summed E-state index contributed by atoms with van der Waals surface area (Å²) < 4.78 is 5.36. The second kappa shape index (κ2) is 10.4. The van der Waals surface area contributed by atoms with Crippen LogP contribution in [0.15, 0.2) is 47.8 Å². The van der Waals surface area contributed by atoms with E-state index >= 15 is 0 Å². The van der Waals surface area contributed by atoms with Gasteiger partial charge in [-0.3, -0.25) is 9.59 Å². The maximum Gasteiger partial charge on any atom is 0.329 e. The van der Waals surface area contributed by atoms with Crippen molar-refractivity contribution in [1.29, 1.82) is 0 Å². The van der Waals surface area contributed by atoms with Gasteiger partial charge in [0.2, 0.25) is 0 Å². The second-order valence-corrected chi connectivity index (χ2v) is 8.68. The highest BCUT2D eigenvalue weighted by Crippen LogP contribution is 2.22. The Labute approximate surface area is 181 Å². The fourth-order valence-electron chi connectivity index (χ4n) is 3.90. The zero-order valence-electron chi connectivity index (χ0n) is 17.4. The fourth-order valence-corrected chi connectivity index (χ4v) is 4.53. The Hall–Kier alpha value is -2.67. The van der Waals surface area contributed by atoms with Gasteiger partial charge in [0.25, 0.3) is 11.8 Å². The Morgan fingerprint density at radius 1 is 1.10 bits per heavy atom. The molecule has 2 heterocycles. The van der Waals surface area contributed by atoms with Crippen molar-refractivity contribution in [3.8, 4) is 0 Å². The highest BCUT2D eigenvalue weighted by molar-refractivity contribution is 7.12. The van der Waals surface area contributed by atoms with Crippen molar-refractivity contribution >= 4 is 29.1 Å². The zero-order chi connectivity index (χ0) is 21.5. The molecule has 1 aliphatic heterocycles. The monoisotopic (exact) mass is 428 g/mol. The van der Waals surface area contributed by atoms with E-state index in [9.17, 15) is 14.4 Å². The predicted molar refractivity (Wildman–Crippen MR) is 116 cm³/mol. The van der Waals surface area contributed by atoms with Gasteiger partial charge in [-0.25, -0.2) is 4.79 Å². The van der Waals surface area contributed by atoms with Crippen LogP contribution in [-0.4, -0.2) is 47.4 Å². The number of likely N-dealkylation sites (tertiary alicyclic amines) is 1. The van der Waals surface area contributed by atoms with Crippen LogP contribution in [0.3, 0.4) is 0 Å². The van der Waals surface area contributed by atoms with E-state index in [0.717, 1.165) is 24.8 Å². The van der Waals surface area contributed by atoms with Gasteiger partial charge in [-0.2, -0.15) is 0 Å². The summed E-state index contributed by atoms with van der Waals surface area (Å²) in [6.45, 7) is 3.73. The number of esters is 1. The molecular formula is C23H28N2O4S. The Balaban J connectivity index is 1.65. The quantitative estimate of drug-likeness (QED) is 0.686. The van der Waals surface area contributed by atoms with Gasteiger partial charge in [0.1, 0.15) is 6.04 Å². The summed E-state index contributed by atoms with van der Waals surface area (Å²) in [5.41, 5.74) is 0.899. The van der Waals surface area contributed by atoms with Crippen molar-refractivity contribution in [3.05, 3.63) is 58.3 Å². The number of nitrogens with zero attached hydrogens (tertiary/aromatic N) is 1. The van der Waals surface area contributed by atoms with Gasteiger partial charge < -0.3 is 15.0 Å². The number of ether oxygens (including phenoxy) is 1. The number of thiophene rings is 1. The van der Waals surface area contributed by atoms with Crippen molar-refractivity contribution in [2.45, 2.75) is 57.7 Å². The molecule has 1 aromatic carbocycles. The van der Waals surface area contributed by atoms with Crippen LogP contribution in [0.2, 0.25) is 0 Å². The molecule has 1 saturated heterocycles. The number of piperidine rings is 1. The summed E-state index contributed by atoms with van der Waals surface area (Å²) in [6, 6.07) is 12.3. The lowest BCUT2D eigenvalue weighted by atomic mass is 9.97. The van der Waals surface area contributed by atoms with Crippen molar-refractivity contribution < 1.29 is 19.1 Å². The van der Waals surface area contributed by atoms with Crippen LogP contribution in [0.5, 0.6) is 0 Å². The van der Waals surface area contributed by atoms with E-state index in [1.165, 1.54) is 11.3 Å². The average molecular weight is 429 g/mol. The summed E-state index contributed by atoms with van der Waals surface area (Å²) in [6.07, 6.45) is 3.30. The smallest absolute Gasteiger partial charge is 0.329 e. The molecule has 0 radical (unpaired) electrons. The van der Waals surface area contributed by atoms with Crippen LogP contribution in [0.1, 0.15) is 48.3 Å². The normalized spacial score (nSPS) is 19.7. The van der Waals surface area contributed by atoms with E-state index in [1.807, 2.05) is 49.1 Å². The average Bonchev–Trinajstić information content (AvgIpc) is 3.27. The van der Waals surface area contributed by atoms with Crippen LogP contribution in [0.25, 0.3) is 0 Å². The third kappa shape index (κ3) is 5.69. The van der Waals surface area contributed by atoms with Crippen LogP contribution < -0.4 is 5.32 Å². The van der Waals surface area contributed by atoms with E-state index in [4.69, 9.17) is 4.74 Å². The minimum Gasteiger partial charge on any atom is -0.454 e. The SMILES string of the molecule is C[C@H]1CCC[C@H](C)N1C(=O)COC(=O)[C@H](Cc1ccccc1)NC(=O)c1cccs1. The van der Waals surface area contributed by atoms with Gasteiger partial charge in [-0.1, -0.05) is 36.4 Å². The highest BCUT2D eigenvalue weighted by atomic mass is 32.1. The molecule has 0 spiro atoms. The standard InChI is InChI=1S/C23H28N2O4S/c1-16-8-6-9-17(2)25(16)21(26)15-29-23(28)19(14-18-10-4-3-5-11-18)24-22(27)20-12-7-13-30-20/h3-5,7,10-13,16-17,19H,6,8-9,14-15H2,1-2H3,(H,24,27)/t16-,17-,19-/m0/s1. The molecular weight excluding hydrogens is 400 g/mol. The largest absolute Gasteiger partial charge is 0.454 e. The molecule has 6 nitrogen and oxygen atoms in total. The molecule has 2 aromatic rings. The molecule has 0 saturated carbocycles.